The molecule has 3 aromatic rings. The maximum Gasteiger partial charge on any atom is 0.258 e. The lowest BCUT2D eigenvalue weighted by Gasteiger charge is -2.09. The number of amides is 1. The van der Waals surface area contributed by atoms with E-state index in [-0.39, 0.29) is 17.7 Å². The van der Waals surface area contributed by atoms with Gasteiger partial charge in [0.25, 0.3) is 5.91 Å². The molecule has 1 heterocycles. The van der Waals surface area contributed by atoms with E-state index in [9.17, 15) is 9.18 Å². The Bertz CT molecular complexity index is 915. The van der Waals surface area contributed by atoms with E-state index in [1.807, 2.05) is 6.92 Å². The Morgan fingerprint density at radius 3 is 2.56 bits per heavy atom. The van der Waals surface area contributed by atoms with Gasteiger partial charge in [0.2, 0.25) is 5.95 Å². The van der Waals surface area contributed by atoms with E-state index in [1.54, 1.807) is 30.3 Å². The Morgan fingerprint density at radius 2 is 1.88 bits per heavy atom. The fraction of sp³-hybridized carbons (Fsp3) is 0.0556. The second kappa shape index (κ2) is 7.27. The number of rotatable bonds is 4. The molecule has 2 aromatic carbocycles. The Labute approximate surface area is 148 Å². The average Bonchev–Trinajstić information content (AvgIpc) is 2.58. The van der Waals surface area contributed by atoms with Crippen molar-refractivity contribution in [3.8, 4) is 0 Å². The lowest BCUT2D eigenvalue weighted by Crippen LogP contribution is -2.13. The van der Waals surface area contributed by atoms with E-state index < -0.39 is 0 Å². The summed E-state index contributed by atoms with van der Waals surface area (Å²) in [6, 6.07) is 11.1. The zero-order valence-electron chi connectivity index (χ0n) is 13.3. The third kappa shape index (κ3) is 4.30. The summed E-state index contributed by atoms with van der Waals surface area (Å²) >= 11 is 5.90. The minimum atomic E-state index is -0.362. The average molecular weight is 357 g/mol. The molecule has 0 bridgehead atoms. The van der Waals surface area contributed by atoms with Gasteiger partial charge in [-0.1, -0.05) is 17.7 Å². The first-order chi connectivity index (χ1) is 12.0. The van der Waals surface area contributed by atoms with Gasteiger partial charge >= 0.3 is 0 Å². The Kier molecular flexibility index (Phi) is 4.90. The number of hydrogen-bond acceptors (Lipinski definition) is 4. The Morgan fingerprint density at radius 1 is 1.12 bits per heavy atom. The largest absolute Gasteiger partial charge is 0.324 e. The van der Waals surface area contributed by atoms with E-state index >= 15 is 0 Å². The molecule has 0 saturated heterocycles. The fourth-order valence-electron chi connectivity index (χ4n) is 2.17. The molecular formula is C18H14ClFN4O. The maximum atomic E-state index is 13.2. The summed E-state index contributed by atoms with van der Waals surface area (Å²) in [5.41, 5.74) is 2.34. The lowest BCUT2D eigenvalue weighted by molar-refractivity contribution is 0.102. The first kappa shape index (κ1) is 16.9. The van der Waals surface area contributed by atoms with Crippen LogP contribution < -0.4 is 10.6 Å². The van der Waals surface area contributed by atoms with E-state index in [4.69, 9.17) is 11.6 Å². The van der Waals surface area contributed by atoms with Crippen molar-refractivity contribution in [3.05, 3.63) is 76.8 Å². The number of nitrogens with zero attached hydrogens (tertiary/aromatic N) is 2. The number of aryl methyl sites for hydroxylation is 1. The number of carbonyl (C=O) groups excluding carboxylic acids is 1. The van der Waals surface area contributed by atoms with Gasteiger partial charge in [-0.15, -0.1) is 0 Å². The minimum absolute atomic E-state index is 0.268. The molecule has 2 N–H and O–H groups in total. The van der Waals surface area contributed by atoms with Crippen LogP contribution in [0.5, 0.6) is 0 Å². The molecule has 0 radical (unpaired) electrons. The number of benzene rings is 2. The first-order valence-electron chi connectivity index (χ1n) is 7.43. The summed E-state index contributed by atoms with van der Waals surface area (Å²) in [6.07, 6.45) is 2.80. The van der Waals surface area contributed by atoms with Gasteiger partial charge in [-0.25, -0.2) is 14.4 Å². The number of anilines is 3. The molecule has 0 unspecified atom stereocenters. The van der Waals surface area contributed by atoms with Gasteiger partial charge in [0.1, 0.15) is 5.82 Å². The normalized spacial score (nSPS) is 10.4. The highest BCUT2D eigenvalue weighted by molar-refractivity contribution is 6.30. The molecule has 126 valence electrons. The molecule has 0 spiro atoms. The molecule has 3 rings (SSSR count). The van der Waals surface area contributed by atoms with Crippen molar-refractivity contribution in [2.45, 2.75) is 6.92 Å². The number of halogens is 2. The van der Waals surface area contributed by atoms with Crippen molar-refractivity contribution < 1.29 is 9.18 Å². The molecule has 1 aromatic heterocycles. The van der Waals surface area contributed by atoms with Gasteiger partial charge in [0.05, 0.1) is 5.56 Å². The predicted octanol–water partition coefficient (Wildman–Crippen LogP) is 4.57. The van der Waals surface area contributed by atoms with Crippen molar-refractivity contribution >= 4 is 34.8 Å². The summed E-state index contributed by atoms with van der Waals surface area (Å²) in [5.74, 6) is -0.424. The highest BCUT2D eigenvalue weighted by atomic mass is 35.5. The Balaban J connectivity index is 1.70. The summed E-state index contributed by atoms with van der Waals surface area (Å²) in [5, 5.41) is 6.25. The van der Waals surface area contributed by atoms with Crippen LogP contribution in [-0.4, -0.2) is 15.9 Å². The van der Waals surface area contributed by atoms with E-state index in [0.717, 1.165) is 5.56 Å². The summed E-state index contributed by atoms with van der Waals surface area (Å²) < 4.78 is 13.2. The second-order valence-corrected chi connectivity index (χ2v) is 5.78. The molecule has 0 atom stereocenters. The molecule has 7 heteroatoms. The minimum Gasteiger partial charge on any atom is -0.324 e. The number of aromatic nitrogens is 2. The van der Waals surface area contributed by atoms with Gasteiger partial charge in [-0.2, -0.15) is 0 Å². The first-order valence-corrected chi connectivity index (χ1v) is 7.81. The maximum absolute atomic E-state index is 13.2. The zero-order valence-corrected chi connectivity index (χ0v) is 14.0. The molecule has 0 aliphatic heterocycles. The highest BCUT2D eigenvalue weighted by Crippen LogP contribution is 2.20. The van der Waals surface area contributed by atoms with Crippen molar-refractivity contribution in [1.29, 1.82) is 0 Å². The van der Waals surface area contributed by atoms with Gasteiger partial charge in [0, 0.05) is 28.8 Å². The smallest absolute Gasteiger partial charge is 0.258 e. The Hall–Kier alpha value is -2.99. The van der Waals surface area contributed by atoms with Crippen LogP contribution in [0.15, 0.2) is 54.9 Å². The molecule has 0 aliphatic carbocycles. The molecule has 0 saturated carbocycles. The van der Waals surface area contributed by atoms with Crippen LogP contribution in [0, 0.1) is 12.7 Å². The molecule has 25 heavy (non-hydrogen) atoms. The quantitative estimate of drug-likeness (QED) is 0.718. The highest BCUT2D eigenvalue weighted by Gasteiger charge is 2.09. The molecule has 0 fully saturated rings. The number of carbonyl (C=O) groups is 1. The van der Waals surface area contributed by atoms with E-state index in [2.05, 4.69) is 20.6 Å². The van der Waals surface area contributed by atoms with Crippen LogP contribution in [0.3, 0.4) is 0 Å². The molecular weight excluding hydrogens is 343 g/mol. The second-order valence-electron chi connectivity index (χ2n) is 5.34. The third-order valence-corrected chi connectivity index (χ3v) is 3.67. The van der Waals surface area contributed by atoms with Crippen LogP contribution in [0.2, 0.25) is 5.02 Å². The van der Waals surface area contributed by atoms with Crippen molar-refractivity contribution in [3.63, 3.8) is 0 Å². The molecule has 0 aliphatic rings. The topological polar surface area (TPSA) is 66.9 Å². The number of hydrogen-bond donors (Lipinski definition) is 2. The monoisotopic (exact) mass is 356 g/mol. The van der Waals surface area contributed by atoms with Crippen LogP contribution >= 0.6 is 11.6 Å². The van der Waals surface area contributed by atoms with Gasteiger partial charge in [-0.05, 0) is 48.9 Å². The molecule has 1 amide bonds. The van der Waals surface area contributed by atoms with Crippen LogP contribution in [-0.2, 0) is 0 Å². The fourth-order valence-corrected chi connectivity index (χ4v) is 2.39. The van der Waals surface area contributed by atoms with Crippen LogP contribution in [0.25, 0.3) is 0 Å². The van der Waals surface area contributed by atoms with Crippen LogP contribution in [0.4, 0.5) is 21.7 Å². The van der Waals surface area contributed by atoms with Gasteiger partial charge < -0.3 is 10.6 Å². The lowest BCUT2D eigenvalue weighted by atomic mass is 10.2. The third-order valence-electron chi connectivity index (χ3n) is 3.43. The van der Waals surface area contributed by atoms with E-state index in [0.29, 0.717) is 22.0 Å². The number of nitrogens with one attached hydrogen (secondary N) is 2. The van der Waals surface area contributed by atoms with Crippen molar-refractivity contribution in [1.82, 2.24) is 9.97 Å². The molecule has 5 nitrogen and oxygen atoms in total. The predicted molar refractivity (Wildman–Crippen MR) is 95.9 cm³/mol. The van der Waals surface area contributed by atoms with E-state index in [1.165, 1.54) is 24.5 Å². The summed E-state index contributed by atoms with van der Waals surface area (Å²) in [7, 11) is 0. The zero-order chi connectivity index (χ0) is 17.8. The standard InChI is InChI=1S/C18H14ClFN4O/c1-11-7-13(19)5-6-16(11)24-17(25)12-9-21-18(22-10-12)23-15-4-2-3-14(20)8-15/h2-10H,1H3,(H,24,25)(H,21,22,23). The SMILES string of the molecule is Cc1cc(Cl)ccc1NC(=O)c1cnc(Nc2cccc(F)c2)nc1. The van der Waals surface area contributed by atoms with Crippen LogP contribution in [0.1, 0.15) is 15.9 Å². The van der Waals surface area contributed by atoms with Crippen molar-refractivity contribution in [2.75, 3.05) is 10.6 Å². The summed E-state index contributed by atoms with van der Waals surface area (Å²) in [4.78, 5) is 20.4. The summed E-state index contributed by atoms with van der Waals surface area (Å²) in [6.45, 7) is 1.85. The van der Waals surface area contributed by atoms with Crippen molar-refractivity contribution in [2.24, 2.45) is 0 Å². The van der Waals surface area contributed by atoms with Gasteiger partial charge in [0.15, 0.2) is 0 Å². The van der Waals surface area contributed by atoms with Gasteiger partial charge in [-0.3, -0.25) is 4.79 Å².